The lowest BCUT2D eigenvalue weighted by Crippen LogP contribution is -2.59. The van der Waals surface area contributed by atoms with Crippen LogP contribution in [-0.4, -0.2) is 36.1 Å². The summed E-state index contributed by atoms with van der Waals surface area (Å²) in [6, 6.07) is 2.78. The summed E-state index contributed by atoms with van der Waals surface area (Å²) in [6.07, 6.45) is 5.23. The summed E-state index contributed by atoms with van der Waals surface area (Å²) in [4.78, 5) is 4.15. The second-order valence-electron chi connectivity index (χ2n) is 6.25. The van der Waals surface area contributed by atoms with Crippen molar-refractivity contribution in [1.29, 1.82) is 0 Å². The number of halogens is 1. The predicted octanol–water partition coefficient (Wildman–Crippen LogP) is 4.30. The zero-order valence-corrected chi connectivity index (χ0v) is 15.3. The molecule has 0 aromatic carbocycles. The molecule has 2 rings (SSSR count). The maximum absolute atomic E-state index is 3.73. The van der Waals surface area contributed by atoms with Crippen LogP contribution in [-0.2, 0) is 6.42 Å². The van der Waals surface area contributed by atoms with Crippen LogP contribution >= 0.6 is 27.3 Å². The highest BCUT2D eigenvalue weighted by molar-refractivity contribution is 9.10. The fourth-order valence-corrected chi connectivity index (χ4v) is 4.67. The molecule has 0 radical (unpaired) electrons. The van der Waals surface area contributed by atoms with Crippen LogP contribution in [0.15, 0.2) is 15.9 Å². The van der Waals surface area contributed by atoms with Crippen molar-refractivity contribution in [3.63, 3.8) is 0 Å². The van der Waals surface area contributed by atoms with Gasteiger partial charge in [0.2, 0.25) is 0 Å². The first kappa shape index (κ1) is 16.5. The molecule has 1 N–H and O–H groups in total. The van der Waals surface area contributed by atoms with Crippen LogP contribution in [0.3, 0.4) is 0 Å². The van der Waals surface area contributed by atoms with Gasteiger partial charge in [0, 0.05) is 26.3 Å². The number of nitrogens with zero attached hydrogens (tertiary/aromatic N) is 1. The number of likely N-dealkylation sites (N-methyl/N-ethyl adjacent to an activating group) is 1. The Balaban J connectivity index is 2.08. The molecule has 114 valence electrons. The molecule has 2 nitrogen and oxygen atoms in total. The van der Waals surface area contributed by atoms with Gasteiger partial charge in [-0.05, 0) is 74.7 Å². The molecule has 1 atom stereocenters. The summed E-state index contributed by atoms with van der Waals surface area (Å²) >= 11 is 5.43. The summed E-state index contributed by atoms with van der Waals surface area (Å²) in [6.45, 7) is 10.6. The van der Waals surface area contributed by atoms with Crippen LogP contribution in [0.2, 0.25) is 0 Å². The second-order valence-corrected chi connectivity index (χ2v) is 8.16. The van der Waals surface area contributed by atoms with Gasteiger partial charge in [-0.25, -0.2) is 0 Å². The van der Waals surface area contributed by atoms with E-state index in [2.05, 4.69) is 58.4 Å². The van der Waals surface area contributed by atoms with Gasteiger partial charge >= 0.3 is 0 Å². The van der Waals surface area contributed by atoms with Crippen molar-refractivity contribution in [2.75, 3.05) is 19.6 Å². The van der Waals surface area contributed by atoms with Crippen LogP contribution in [0.5, 0.6) is 0 Å². The number of piperidine rings is 1. The zero-order valence-electron chi connectivity index (χ0n) is 12.9. The lowest BCUT2D eigenvalue weighted by Gasteiger charge is -2.46. The van der Waals surface area contributed by atoms with Crippen LogP contribution in [0, 0.1) is 0 Å². The molecule has 0 spiro atoms. The van der Waals surface area contributed by atoms with Crippen molar-refractivity contribution in [1.82, 2.24) is 10.2 Å². The van der Waals surface area contributed by atoms with Crippen LogP contribution in [0.1, 0.15) is 44.9 Å². The van der Waals surface area contributed by atoms with E-state index in [0.717, 1.165) is 13.0 Å². The SMILES string of the molecule is CCNC(Cc1cc(Br)cs1)C(C)(C)N1CCCCC1. The van der Waals surface area contributed by atoms with Crippen molar-refractivity contribution >= 4 is 27.3 Å². The minimum Gasteiger partial charge on any atom is -0.312 e. The Morgan fingerprint density at radius 2 is 2.05 bits per heavy atom. The fraction of sp³-hybridized carbons (Fsp3) is 0.750. The lowest BCUT2D eigenvalue weighted by atomic mass is 9.87. The van der Waals surface area contributed by atoms with Crippen molar-refractivity contribution in [3.8, 4) is 0 Å². The van der Waals surface area contributed by atoms with Gasteiger partial charge in [-0.2, -0.15) is 0 Å². The highest BCUT2D eigenvalue weighted by Gasteiger charge is 2.35. The molecule has 0 saturated carbocycles. The molecule has 1 unspecified atom stereocenters. The topological polar surface area (TPSA) is 15.3 Å². The summed E-state index contributed by atoms with van der Waals surface area (Å²) in [5.41, 5.74) is 0.215. The molecule has 1 aromatic rings. The average molecular weight is 359 g/mol. The largest absolute Gasteiger partial charge is 0.312 e. The van der Waals surface area contributed by atoms with E-state index < -0.39 is 0 Å². The minimum atomic E-state index is 0.215. The van der Waals surface area contributed by atoms with E-state index in [1.807, 2.05) is 11.3 Å². The smallest absolute Gasteiger partial charge is 0.0309 e. The van der Waals surface area contributed by atoms with Gasteiger partial charge in [-0.1, -0.05) is 13.3 Å². The monoisotopic (exact) mass is 358 g/mol. The molecule has 0 bridgehead atoms. The average Bonchev–Trinajstić information content (AvgIpc) is 2.85. The van der Waals surface area contributed by atoms with E-state index >= 15 is 0 Å². The number of hydrogen-bond donors (Lipinski definition) is 1. The standard InChI is InChI=1S/C16H27BrN2S/c1-4-18-15(11-14-10-13(17)12-20-14)16(2,3)19-8-6-5-7-9-19/h10,12,15,18H,4-9,11H2,1-3H3. The van der Waals surface area contributed by atoms with Crippen molar-refractivity contribution in [3.05, 3.63) is 20.8 Å². The Morgan fingerprint density at radius 1 is 1.35 bits per heavy atom. The normalized spacial score (nSPS) is 19.2. The highest BCUT2D eigenvalue weighted by Crippen LogP contribution is 2.28. The molecule has 1 saturated heterocycles. The van der Waals surface area contributed by atoms with Gasteiger partial charge in [0.05, 0.1) is 0 Å². The zero-order chi connectivity index (χ0) is 14.6. The highest BCUT2D eigenvalue weighted by atomic mass is 79.9. The minimum absolute atomic E-state index is 0.215. The number of likely N-dealkylation sites (tertiary alicyclic amines) is 1. The van der Waals surface area contributed by atoms with Crippen LogP contribution in [0.4, 0.5) is 0 Å². The molecule has 0 amide bonds. The first-order chi connectivity index (χ1) is 9.54. The first-order valence-electron chi connectivity index (χ1n) is 7.75. The van der Waals surface area contributed by atoms with E-state index in [1.54, 1.807) is 0 Å². The number of hydrogen-bond acceptors (Lipinski definition) is 3. The van der Waals surface area contributed by atoms with Crippen molar-refractivity contribution < 1.29 is 0 Å². The summed E-state index contributed by atoms with van der Waals surface area (Å²) in [7, 11) is 0. The molecule has 20 heavy (non-hydrogen) atoms. The fourth-order valence-electron chi connectivity index (χ4n) is 3.17. The van der Waals surface area contributed by atoms with E-state index in [-0.39, 0.29) is 5.54 Å². The third-order valence-electron chi connectivity index (χ3n) is 4.50. The molecule has 0 aliphatic carbocycles. The quantitative estimate of drug-likeness (QED) is 0.815. The van der Waals surface area contributed by atoms with Gasteiger partial charge in [-0.3, -0.25) is 4.90 Å². The second kappa shape index (κ2) is 7.39. The molecule has 1 fully saturated rings. The molecule has 1 aliphatic rings. The Morgan fingerprint density at radius 3 is 2.60 bits per heavy atom. The Labute approximate surface area is 136 Å². The summed E-state index contributed by atoms with van der Waals surface area (Å²) < 4.78 is 1.21. The number of thiophene rings is 1. The van der Waals surface area contributed by atoms with E-state index in [0.29, 0.717) is 6.04 Å². The molecule has 1 aliphatic heterocycles. The Bertz CT molecular complexity index is 410. The number of rotatable bonds is 6. The van der Waals surface area contributed by atoms with Crippen LogP contribution in [0.25, 0.3) is 0 Å². The maximum Gasteiger partial charge on any atom is 0.0309 e. The van der Waals surface area contributed by atoms with Gasteiger partial charge in [0.15, 0.2) is 0 Å². The third kappa shape index (κ3) is 4.06. The van der Waals surface area contributed by atoms with Gasteiger partial charge < -0.3 is 5.32 Å². The first-order valence-corrected chi connectivity index (χ1v) is 9.42. The Hall–Kier alpha value is 0.1000. The van der Waals surface area contributed by atoms with E-state index in [9.17, 15) is 0 Å². The van der Waals surface area contributed by atoms with Gasteiger partial charge in [0.1, 0.15) is 0 Å². The van der Waals surface area contributed by atoms with Crippen molar-refractivity contribution in [2.45, 2.75) is 58.0 Å². The summed E-state index contributed by atoms with van der Waals surface area (Å²) in [5, 5.41) is 5.91. The predicted molar refractivity (Wildman–Crippen MR) is 92.7 cm³/mol. The Kier molecular flexibility index (Phi) is 6.09. The molecular formula is C16H27BrN2S. The maximum atomic E-state index is 3.73. The van der Waals surface area contributed by atoms with E-state index in [4.69, 9.17) is 0 Å². The van der Waals surface area contributed by atoms with Gasteiger partial charge in [0.25, 0.3) is 0 Å². The molecule has 2 heterocycles. The molecular weight excluding hydrogens is 332 g/mol. The van der Waals surface area contributed by atoms with E-state index in [1.165, 1.54) is 41.7 Å². The third-order valence-corrected chi connectivity index (χ3v) is 6.22. The molecule has 4 heteroatoms. The van der Waals surface area contributed by atoms with Crippen molar-refractivity contribution in [2.24, 2.45) is 0 Å². The number of nitrogens with one attached hydrogen (secondary N) is 1. The lowest BCUT2D eigenvalue weighted by molar-refractivity contribution is 0.0618. The van der Waals surface area contributed by atoms with Gasteiger partial charge in [-0.15, -0.1) is 11.3 Å². The van der Waals surface area contributed by atoms with Crippen LogP contribution < -0.4 is 5.32 Å². The molecule has 1 aromatic heterocycles. The summed E-state index contributed by atoms with van der Waals surface area (Å²) in [5.74, 6) is 0.